The first-order valence-electron chi connectivity index (χ1n) is 18.7. The number of benzene rings is 8. The minimum Gasteiger partial charge on any atom is -0.310 e. The van der Waals surface area contributed by atoms with Gasteiger partial charge in [-0.3, -0.25) is 0 Å². The zero-order valence-electron chi connectivity index (χ0n) is 30.9. The van der Waals surface area contributed by atoms with Gasteiger partial charge in [-0.15, -0.1) is 0 Å². The van der Waals surface area contributed by atoms with Crippen molar-refractivity contribution in [1.29, 1.82) is 5.26 Å². The first-order valence-corrected chi connectivity index (χ1v) is 18.7. The van der Waals surface area contributed by atoms with Crippen molar-refractivity contribution in [2.75, 3.05) is 0 Å². The molecule has 0 aliphatic rings. The van der Waals surface area contributed by atoms with E-state index < -0.39 is 0 Å². The topological polar surface area (TPSA) is 42.4 Å². The highest BCUT2D eigenvalue weighted by molar-refractivity contribution is 6.13. The first kappa shape index (κ1) is 33.4. The molecule has 2 aromatic heterocycles. The van der Waals surface area contributed by atoms with Crippen LogP contribution in [0.5, 0.6) is 0 Å². The van der Waals surface area contributed by atoms with Crippen LogP contribution in [0.3, 0.4) is 0 Å². The Bertz CT molecular complexity index is 3410. The summed E-state index contributed by atoms with van der Waals surface area (Å²) in [6.45, 7) is 18.4. The van der Waals surface area contributed by atoms with Crippen molar-refractivity contribution in [3.8, 4) is 50.8 Å². The Balaban J connectivity index is 1.25. The van der Waals surface area contributed by atoms with Crippen LogP contribution in [0.25, 0.3) is 98.1 Å². The molecule has 0 fully saturated rings. The summed E-state index contributed by atoms with van der Waals surface area (Å²) < 4.78 is 4.60. The third-order valence-corrected chi connectivity index (χ3v) is 11.1. The predicted molar refractivity (Wildman–Crippen MR) is 233 cm³/mol. The molecule has 0 bridgehead atoms. The largest absolute Gasteiger partial charge is 0.310 e. The second kappa shape index (κ2) is 13.3. The molecule has 0 amide bonds. The van der Waals surface area contributed by atoms with Crippen molar-refractivity contribution < 1.29 is 0 Å². The Morgan fingerprint density at radius 3 is 1.67 bits per heavy atom. The van der Waals surface area contributed by atoms with Gasteiger partial charge in [0.1, 0.15) is 0 Å². The highest BCUT2D eigenvalue weighted by Gasteiger charge is 2.23. The van der Waals surface area contributed by atoms with Gasteiger partial charge in [-0.1, -0.05) is 121 Å². The fourth-order valence-electron chi connectivity index (χ4n) is 8.58. The van der Waals surface area contributed by atoms with Crippen molar-refractivity contribution in [2.45, 2.75) is 6.92 Å². The molecule has 0 N–H and O–H groups in total. The zero-order chi connectivity index (χ0) is 38.6. The van der Waals surface area contributed by atoms with Crippen molar-refractivity contribution >= 4 is 55.0 Å². The molecule has 0 atom stereocenters. The molecule has 8 aromatic carbocycles. The van der Waals surface area contributed by atoms with Gasteiger partial charge in [0.05, 0.1) is 52.5 Å². The van der Waals surface area contributed by atoms with E-state index in [0.717, 1.165) is 93.9 Å². The van der Waals surface area contributed by atoms with Crippen LogP contribution in [-0.2, 0) is 0 Å². The Morgan fingerprint density at radius 2 is 1.00 bits per heavy atom. The van der Waals surface area contributed by atoms with Gasteiger partial charge in [-0.05, 0) is 89.3 Å². The lowest BCUT2D eigenvalue weighted by Gasteiger charge is -2.20. The lowest BCUT2D eigenvalue weighted by Crippen LogP contribution is -2.02. The molecule has 2 heterocycles. The van der Waals surface area contributed by atoms with Gasteiger partial charge in [0, 0.05) is 32.8 Å². The van der Waals surface area contributed by atoms with Crippen LogP contribution in [0.4, 0.5) is 11.4 Å². The molecule has 0 saturated heterocycles. The minimum atomic E-state index is 0.559. The number of para-hydroxylation sites is 3. The highest BCUT2D eigenvalue weighted by atomic mass is 15.0. The van der Waals surface area contributed by atoms with Crippen molar-refractivity contribution in [3.63, 3.8) is 0 Å². The van der Waals surface area contributed by atoms with E-state index in [2.05, 4.69) is 141 Å². The molecule has 57 heavy (non-hydrogen) atoms. The van der Waals surface area contributed by atoms with E-state index in [4.69, 9.17) is 13.1 Å². The number of hydrogen-bond acceptors (Lipinski definition) is 1. The van der Waals surface area contributed by atoms with Gasteiger partial charge in [0.15, 0.2) is 11.4 Å². The molecule has 5 nitrogen and oxygen atoms in total. The third kappa shape index (κ3) is 5.21. The van der Waals surface area contributed by atoms with E-state index >= 15 is 0 Å². The minimum absolute atomic E-state index is 0.559. The quantitative estimate of drug-likeness (QED) is 0.163. The summed E-state index contributed by atoms with van der Waals surface area (Å²) in [6, 6.07) is 60.1. The Hall–Kier alpha value is -8.17. The number of fused-ring (bicyclic) bond motifs is 6. The summed E-state index contributed by atoms with van der Waals surface area (Å²) >= 11 is 0. The number of nitriles is 1. The van der Waals surface area contributed by atoms with Crippen LogP contribution in [-0.4, -0.2) is 9.13 Å². The summed E-state index contributed by atoms with van der Waals surface area (Å²) in [4.78, 5) is 7.97. The van der Waals surface area contributed by atoms with Gasteiger partial charge < -0.3 is 9.13 Å². The summed E-state index contributed by atoms with van der Waals surface area (Å²) in [5.74, 6) is 0. The predicted octanol–water partition coefficient (Wildman–Crippen LogP) is 14.2. The lowest BCUT2D eigenvalue weighted by molar-refractivity contribution is 1.16. The first-order chi connectivity index (χ1) is 28.1. The number of nitrogens with zero attached hydrogens (tertiary/aromatic N) is 5. The van der Waals surface area contributed by atoms with Gasteiger partial charge in [0.2, 0.25) is 0 Å². The maximum Gasteiger partial charge on any atom is 0.197 e. The monoisotopic (exact) mass is 725 g/mol. The molecule has 0 aliphatic carbocycles. The fraction of sp³-hybridized carbons (Fsp3) is 0.0192. The molecule has 0 spiro atoms. The summed E-state index contributed by atoms with van der Waals surface area (Å²) in [6.07, 6.45) is 0. The number of hydrogen-bond donors (Lipinski definition) is 0. The number of aromatic nitrogens is 2. The Labute approximate surface area is 329 Å². The zero-order valence-corrected chi connectivity index (χ0v) is 30.9. The second-order valence-electron chi connectivity index (χ2n) is 14.3. The average molecular weight is 726 g/mol. The smallest absolute Gasteiger partial charge is 0.197 e. The van der Waals surface area contributed by atoms with Crippen molar-refractivity contribution in [2.24, 2.45) is 0 Å². The summed E-state index contributed by atoms with van der Waals surface area (Å²) in [5.41, 5.74) is 14.5. The maximum absolute atomic E-state index is 9.92. The summed E-state index contributed by atoms with van der Waals surface area (Å²) in [5, 5.41) is 14.3. The van der Waals surface area contributed by atoms with E-state index in [-0.39, 0.29) is 0 Å². The standard InChI is InChI=1S/C52H31N5/c1-33-23-26-50(56-46-20-10-7-16-39(46)42-31-35(25-28-48(42)56)38-15-6-9-18-44(38)54-2)43(29-33)52-45(55-3)19-12-22-51(52)57-47-21-11-8-17-40(47)41-30-34(24-27-49(41)57)37-14-5-4-13-36(37)32-53/h4-31H,1H3. The van der Waals surface area contributed by atoms with Crippen LogP contribution < -0.4 is 0 Å². The van der Waals surface area contributed by atoms with E-state index in [0.29, 0.717) is 16.9 Å². The molecular weight excluding hydrogens is 695 g/mol. The molecule has 10 aromatic rings. The average Bonchev–Trinajstić information content (AvgIpc) is 3.78. The van der Waals surface area contributed by atoms with Crippen LogP contribution in [0.2, 0.25) is 0 Å². The van der Waals surface area contributed by atoms with Gasteiger partial charge >= 0.3 is 0 Å². The van der Waals surface area contributed by atoms with Crippen LogP contribution in [0.1, 0.15) is 11.1 Å². The normalized spacial score (nSPS) is 11.2. The SMILES string of the molecule is [C-]#[N+]c1ccccc1-c1ccc2c(c1)c1ccccc1n2-c1ccc(C)cc1-c1c([N+]#[C-])cccc1-n1c2ccccc2c2cc(-c3ccccc3C#N)ccc21. The lowest BCUT2D eigenvalue weighted by atomic mass is 9.97. The van der Waals surface area contributed by atoms with E-state index in [1.165, 1.54) is 0 Å². The van der Waals surface area contributed by atoms with Crippen LogP contribution >= 0.6 is 0 Å². The van der Waals surface area contributed by atoms with E-state index in [1.807, 2.05) is 60.7 Å². The Morgan fingerprint density at radius 1 is 0.456 bits per heavy atom. The molecule has 0 radical (unpaired) electrons. The molecule has 0 saturated carbocycles. The van der Waals surface area contributed by atoms with Gasteiger partial charge in [-0.25, -0.2) is 9.69 Å². The molecule has 0 aliphatic heterocycles. The van der Waals surface area contributed by atoms with Crippen molar-refractivity contribution in [3.05, 3.63) is 204 Å². The van der Waals surface area contributed by atoms with Crippen LogP contribution in [0.15, 0.2) is 170 Å². The molecule has 5 heteroatoms. The van der Waals surface area contributed by atoms with E-state index in [1.54, 1.807) is 0 Å². The van der Waals surface area contributed by atoms with Gasteiger partial charge in [0.25, 0.3) is 0 Å². The van der Waals surface area contributed by atoms with Crippen LogP contribution in [0, 0.1) is 31.4 Å². The summed E-state index contributed by atoms with van der Waals surface area (Å²) in [7, 11) is 0. The molecular formula is C52H31N5. The Kier molecular flexibility index (Phi) is 7.79. The highest BCUT2D eigenvalue weighted by Crippen LogP contribution is 2.46. The van der Waals surface area contributed by atoms with Crippen molar-refractivity contribution in [1.82, 2.24) is 9.13 Å². The molecule has 264 valence electrons. The molecule has 0 unspecified atom stereocenters. The fourth-order valence-corrected chi connectivity index (χ4v) is 8.58. The van der Waals surface area contributed by atoms with Gasteiger partial charge in [-0.2, -0.15) is 5.26 Å². The number of rotatable bonds is 5. The second-order valence-corrected chi connectivity index (χ2v) is 14.3. The third-order valence-electron chi connectivity index (χ3n) is 11.1. The van der Waals surface area contributed by atoms with E-state index in [9.17, 15) is 5.26 Å². The molecule has 10 rings (SSSR count). The maximum atomic E-state index is 9.92. The number of aryl methyl sites for hydroxylation is 1.